The smallest absolute Gasteiger partial charge is 0.286 e. The number of aromatic nitrogens is 2. The molecule has 1 aliphatic heterocycles. The second kappa shape index (κ2) is 9.18. The molecule has 1 fully saturated rings. The highest BCUT2D eigenvalue weighted by atomic mass is 35.5. The second-order valence-corrected chi connectivity index (χ2v) is 10.5. The van der Waals surface area contributed by atoms with Crippen molar-refractivity contribution in [3.63, 3.8) is 0 Å². The topological polar surface area (TPSA) is 92.3 Å². The number of nitrogens with one attached hydrogen (secondary N) is 1. The van der Waals surface area contributed by atoms with E-state index >= 15 is 0 Å². The molecule has 0 saturated carbocycles. The van der Waals surface area contributed by atoms with E-state index in [9.17, 15) is 22.0 Å². The standard InChI is InChI=1S/C20H17ClF2N4O3S2/c21-13-3-6-15(7-4-13)24-18(28)20-26-25-19(31-20)12-2-1-9-27(11-12)32(29,30)17-10-14(22)5-8-16(17)23/h3-8,10,12H,1-2,9,11H2,(H,24,28)/t12-/m1/s1. The van der Waals surface area contributed by atoms with Crippen LogP contribution in [0.2, 0.25) is 5.02 Å². The highest BCUT2D eigenvalue weighted by Gasteiger charge is 2.34. The molecule has 1 aliphatic rings. The molecule has 0 aliphatic carbocycles. The Balaban J connectivity index is 1.49. The molecule has 7 nitrogen and oxygen atoms in total. The summed E-state index contributed by atoms with van der Waals surface area (Å²) in [6.07, 6.45) is 1.14. The molecular weight excluding hydrogens is 482 g/mol. The van der Waals surface area contributed by atoms with Crippen molar-refractivity contribution < 1.29 is 22.0 Å². The van der Waals surface area contributed by atoms with E-state index in [1.54, 1.807) is 24.3 Å². The van der Waals surface area contributed by atoms with Crippen molar-refractivity contribution >= 4 is 44.6 Å². The van der Waals surface area contributed by atoms with E-state index in [-0.39, 0.29) is 24.0 Å². The maximum atomic E-state index is 14.1. The van der Waals surface area contributed by atoms with Gasteiger partial charge in [0.05, 0.1) is 0 Å². The number of hydrogen-bond acceptors (Lipinski definition) is 6. The first-order valence-electron chi connectivity index (χ1n) is 9.59. The van der Waals surface area contributed by atoms with Gasteiger partial charge in [-0.05, 0) is 55.3 Å². The summed E-state index contributed by atoms with van der Waals surface area (Å²) in [4.78, 5) is 11.8. The molecule has 2 aromatic carbocycles. The number of benzene rings is 2. The lowest BCUT2D eigenvalue weighted by molar-refractivity contribution is 0.102. The van der Waals surface area contributed by atoms with Crippen molar-refractivity contribution in [2.75, 3.05) is 18.4 Å². The molecule has 12 heteroatoms. The molecule has 32 heavy (non-hydrogen) atoms. The van der Waals surface area contributed by atoms with Gasteiger partial charge < -0.3 is 5.32 Å². The largest absolute Gasteiger partial charge is 0.320 e. The van der Waals surface area contributed by atoms with Crippen molar-refractivity contribution in [1.29, 1.82) is 0 Å². The molecule has 1 N–H and O–H groups in total. The Morgan fingerprint density at radius 1 is 1.16 bits per heavy atom. The van der Waals surface area contributed by atoms with E-state index in [1.807, 2.05) is 0 Å². The number of rotatable bonds is 5. The number of hydrogen-bond donors (Lipinski definition) is 1. The van der Waals surface area contributed by atoms with Gasteiger partial charge in [-0.3, -0.25) is 4.79 Å². The van der Waals surface area contributed by atoms with Gasteiger partial charge in [0.15, 0.2) is 0 Å². The first kappa shape index (κ1) is 22.7. The Bertz CT molecular complexity index is 1250. The van der Waals surface area contributed by atoms with Crippen LogP contribution in [0.15, 0.2) is 47.4 Å². The van der Waals surface area contributed by atoms with Crippen LogP contribution < -0.4 is 5.32 Å². The number of nitrogens with zero attached hydrogens (tertiary/aromatic N) is 3. The molecule has 0 bridgehead atoms. The van der Waals surface area contributed by atoms with Gasteiger partial charge in [-0.15, -0.1) is 10.2 Å². The summed E-state index contributed by atoms with van der Waals surface area (Å²) < 4.78 is 54.5. The van der Waals surface area contributed by atoms with Crippen LogP contribution >= 0.6 is 22.9 Å². The van der Waals surface area contributed by atoms with Crippen LogP contribution in [0.25, 0.3) is 0 Å². The molecule has 1 atom stereocenters. The molecule has 2 heterocycles. The van der Waals surface area contributed by atoms with Gasteiger partial charge >= 0.3 is 0 Å². The maximum Gasteiger partial charge on any atom is 0.286 e. The molecule has 1 amide bonds. The van der Waals surface area contributed by atoms with Crippen molar-refractivity contribution in [2.24, 2.45) is 0 Å². The van der Waals surface area contributed by atoms with E-state index in [4.69, 9.17) is 11.6 Å². The summed E-state index contributed by atoms with van der Waals surface area (Å²) in [6, 6.07) is 8.92. The zero-order valence-corrected chi connectivity index (χ0v) is 18.9. The molecule has 0 unspecified atom stereocenters. The van der Waals surface area contributed by atoms with E-state index in [0.29, 0.717) is 34.6 Å². The lowest BCUT2D eigenvalue weighted by atomic mass is 10.0. The van der Waals surface area contributed by atoms with Gasteiger partial charge in [0.1, 0.15) is 21.5 Å². The highest BCUT2D eigenvalue weighted by molar-refractivity contribution is 7.89. The average molecular weight is 499 g/mol. The quantitative estimate of drug-likeness (QED) is 0.566. The fourth-order valence-electron chi connectivity index (χ4n) is 3.39. The van der Waals surface area contributed by atoms with Crippen molar-refractivity contribution in [1.82, 2.24) is 14.5 Å². The normalized spacial score (nSPS) is 17.3. The predicted molar refractivity (Wildman–Crippen MR) is 116 cm³/mol. The first-order chi connectivity index (χ1) is 15.2. The Morgan fingerprint density at radius 2 is 1.91 bits per heavy atom. The molecule has 0 spiro atoms. The molecule has 1 saturated heterocycles. The third-order valence-electron chi connectivity index (χ3n) is 4.98. The van der Waals surface area contributed by atoms with Gasteiger partial charge in [-0.2, -0.15) is 4.31 Å². The van der Waals surface area contributed by atoms with E-state index in [2.05, 4.69) is 15.5 Å². The summed E-state index contributed by atoms with van der Waals surface area (Å²) in [7, 11) is -4.23. The number of piperidine rings is 1. The molecule has 4 rings (SSSR count). The van der Waals surface area contributed by atoms with Crippen LogP contribution in [0.1, 0.15) is 33.6 Å². The Morgan fingerprint density at radius 3 is 2.66 bits per heavy atom. The second-order valence-electron chi connectivity index (χ2n) is 7.18. The van der Waals surface area contributed by atoms with Gasteiger partial charge in [0, 0.05) is 29.7 Å². The fraction of sp³-hybridized carbons (Fsp3) is 0.250. The lowest BCUT2D eigenvalue weighted by Gasteiger charge is -2.30. The first-order valence-corrected chi connectivity index (χ1v) is 12.2. The average Bonchev–Trinajstić information content (AvgIpc) is 3.28. The van der Waals surface area contributed by atoms with Crippen LogP contribution in [0.3, 0.4) is 0 Å². The number of sulfonamides is 1. The van der Waals surface area contributed by atoms with Crippen LogP contribution in [0.5, 0.6) is 0 Å². The summed E-state index contributed by atoms with van der Waals surface area (Å²) in [5.41, 5.74) is 0.545. The van der Waals surface area contributed by atoms with Gasteiger partial charge in [0.25, 0.3) is 5.91 Å². The zero-order chi connectivity index (χ0) is 22.9. The minimum Gasteiger partial charge on any atom is -0.320 e. The molecule has 3 aromatic rings. The Labute approximate surface area is 192 Å². The van der Waals surface area contributed by atoms with Crippen LogP contribution in [-0.4, -0.2) is 41.9 Å². The summed E-state index contributed by atoms with van der Waals surface area (Å²) >= 11 is 6.90. The van der Waals surface area contributed by atoms with Crippen molar-refractivity contribution in [2.45, 2.75) is 23.7 Å². The maximum absolute atomic E-state index is 14.1. The number of carbonyl (C=O) groups excluding carboxylic acids is 1. The third kappa shape index (κ3) is 4.80. The van der Waals surface area contributed by atoms with E-state index in [0.717, 1.165) is 27.8 Å². The Kier molecular flexibility index (Phi) is 6.52. The van der Waals surface area contributed by atoms with Crippen molar-refractivity contribution in [3.05, 3.63) is 69.1 Å². The summed E-state index contributed by atoms with van der Waals surface area (Å²) in [5.74, 6) is -2.60. The monoisotopic (exact) mass is 498 g/mol. The van der Waals surface area contributed by atoms with Gasteiger partial charge in [-0.25, -0.2) is 17.2 Å². The van der Waals surface area contributed by atoms with Gasteiger partial charge in [0.2, 0.25) is 15.0 Å². The molecule has 0 radical (unpaired) electrons. The van der Waals surface area contributed by atoms with E-state index < -0.39 is 32.5 Å². The van der Waals surface area contributed by atoms with Crippen LogP contribution in [-0.2, 0) is 10.0 Å². The van der Waals surface area contributed by atoms with Crippen LogP contribution in [0.4, 0.5) is 14.5 Å². The minimum atomic E-state index is -4.23. The number of anilines is 1. The van der Waals surface area contributed by atoms with Crippen molar-refractivity contribution in [3.8, 4) is 0 Å². The van der Waals surface area contributed by atoms with Crippen LogP contribution in [0, 0.1) is 11.6 Å². The SMILES string of the molecule is O=C(Nc1ccc(Cl)cc1)c1nnc([C@@H]2CCCN(S(=O)(=O)c3cc(F)ccc3F)C2)s1. The third-order valence-corrected chi connectivity index (χ3v) is 8.20. The number of amides is 1. The fourth-order valence-corrected chi connectivity index (χ4v) is 5.98. The summed E-state index contributed by atoms with van der Waals surface area (Å²) in [6.45, 7) is 0.212. The minimum absolute atomic E-state index is 0.0335. The Hall–Kier alpha value is -2.47. The molecule has 168 valence electrons. The van der Waals surface area contributed by atoms with Gasteiger partial charge in [-0.1, -0.05) is 22.9 Å². The lowest BCUT2D eigenvalue weighted by Crippen LogP contribution is -2.39. The number of carbonyl (C=O) groups is 1. The predicted octanol–water partition coefficient (Wildman–Crippen LogP) is 4.29. The highest BCUT2D eigenvalue weighted by Crippen LogP contribution is 2.32. The summed E-state index contributed by atoms with van der Waals surface area (Å²) in [5, 5.41) is 11.9. The van der Waals surface area contributed by atoms with E-state index in [1.165, 1.54) is 0 Å². The number of halogens is 3. The molecule has 1 aromatic heterocycles. The molecular formula is C20H17ClF2N4O3S2. The zero-order valence-electron chi connectivity index (χ0n) is 16.5.